The second-order valence-electron chi connectivity index (χ2n) is 5.68. The van der Waals surface area contributed by atoms with E-state index < -0.39 is 0 Å². The van der Waals surface area contributed by atoms with E-state index >= 15 is 0 Å². The average molecular weight is 273 g/mol. The molecule has 0 radical (unpaired) electrons. The van der Waals surface area contributed by atoms with E-state index in [-0.39, 0.29) is 0 Å². The fourth-order valence-corrected chi connectivity index (χ4v) is 3.18. The minimum Gasteiger partial charge on any atom is -0.0858 e. The summed E-state index contributed by atoms with van der Waals surface area (Å²) in [6.07, 6.45) is 0.984. The van der Waals surface area contributed by atoms with Gasteiger partial charge in [-0.05, 0) is 29.7 Å². The van der Waals surface area contributed by atoms with Crippen LogP contribution in [0.3, 0.4) is 0 Å². The Morgan fingerprint density at radius 3 is 2.43 bits per heavy atom. The van der Waals surface area contributed by atoms with E-state index in [0.29, 0.717) is 0 Å². The molecule has 2 nitrogen and oxygen atoms in total. The van der Waals surface area contributed by atoms with Gasteiger partial charge in [0.25, 0.3) is 0 Å². The molecule has 0 saturated heterocycles. The largest absolute Gasteiger partial charge is 0.239 e. The zero-order valence-electron chi connectivity index (χ0n) is 12.3. The lowest BCUT2D eigenvalue weighted by Crippen LogP contribution is -2.36. The smallest absolute Gasteiger partial charge is 0.0858 e. The molecule has 3 aromatic rings. The lowest BCUT2D eigenvalue weighted by Gasteiger charge is -2.05. The molecule has 21 heavy (non-hydrogen) atoms. The zero-order valence-corrected chi connectivity index (χ0v) is 12.3. The Balaban J connectivity index is 1.92. The van der Waals surface area contributed by atoms with E-state index in [2.05, 4.69) is 61.5 Å². The van der Waals surface area contributed by atoms with Crippen LogP contribution in [-0.2, 0) is 13.5 Å². The summed E-state index contributed by atoms with van der Waals surface area (Å²) in [4.78, 5) is 0. The third-order valence-electron chi connectivity index (χ3n) is 4.29. The molecule has 0 spiro atoms. The van der Waals surface area contributed by atoms with E-state index in [9.17, 15) is 0 Å². The second kappa shape index (κ2) is 4.52. The van der Waals surface area contributed by atoms with Crippen molar-refractivity contribution in [2.75, 3.05) is 0 Å². The van der Waals surface area contributed by atoms with Crippen LogP contribution in [0.25, 0.3) is 22.5 Å². The highest BCUT2D eigenvalue weighted by Gasteiger charge is 2.25. The lowest BCUT2D eigenvalue weighted by molar-refractivity contribution is -0.719. The molecule has 1 aliphatic carbocycles. The highest BCUT2D eigenvalue weighted by atomic mass is 15.3. The predicted octanol–water partition coefficient (Wildman–Crippen LogP) is 3.45. The van der Waals surface area contributed by atoms with Crippen LogP contribution in [-0.4, -0.2) is 5.10 Å². The Hall–Kier alpha value is -2.48. The summed E-state index contributed by atoms with van der Waals surface area (Å²) in [6.45, 7) is 2.15. The molecule has 1 heterocycles. The maximum Gasteiger partial charge on any atom is 0.239 e. The van der Waals surface area contributed by atoms with Gasteiger partial charge in [0, 0.05) is 23.1 Å². The van der Waals surface area contributed by atoms with Gasteiger partial charge in [0.15, 0.2) is 7.05 Å². The number of rotatable bonds is 1. The predicted molar refractivity (Wildman–Crippen MR) is 83.8 cm³/mol. The van der Waals surface area contributed by atoms with Gasteiger partial charge in [-0.15, -0.1) is 0 Å². The number of benzene rings is 2. The molecule has 2 heteroatoms. The summed E-state index contributed by atoms with van der Waals surface area (Å²) in [5, 5.41) is 4.83. The van der Waals surface area contributed by atoms with E-state index in [1.165, 1.54) is 33.5 Å². The van der Waals surface area contributed by atoms with Crippen LogP contribution >= 0.6 is 0 Å². The molecule has 0 saturated carbocycles. The molecular weight excluding hydrogens is 256 g/mol. The lowest BCUT2D eigenvalue weighted by atomic mass is 10.0. The molecular formula is C19H17N2+. The van der Waals surface area contributed by atoms with Crippen molar-refractivity contribution < 1.29 is 4.68 Å². The van der Waals surface area contributed by atoms with Gasteiger partial charge in [0.2, 0.25) is 5.69 Å². The van der Waals surface area contributed by atoms with Gasteiger partial charge >= 0.3 is 0 Å². The maximum absolute atomic E-state index is 4.83. The first kappa shape index (κ1) is 12.3. The monoisotopic (exact) mass is 273 g/mol. The summed E-state index contributed by atoms with van der Waals surface area (Å²) in [5.74, 6) is 0. The van der Waals surface area contributed by atoms with Crippen LogP contribution in [0.2, 0.25) is 0 Å². The Morgan fingerprint density at radius 1 is 0.905 bits per heavy atom. The van der Waals surface area contributed by atoms with Gasteiger partial charge in [0.05, 0.1) is 5.56 Å². The molecule has 102 valence electrons. The molecule has 0 bridgehead atoms. The minimum absolute atomic E-state index is 0.984. The highest BCUT2D eigenvalue weighted by Crippen LogP contribution is 2.35. The van der Waals surface area contributed by atoms with Crippen molar-refractivity contribution >= 4 is 0 Å². The minimum atomic E-state index is 0.984. The molecule has 0 atom stereocenters. The van der Waals surface area contributed by atoms with Gasteiger partial charge in [-0.3, -0.25) is 0 Å². The van der Waals surface area contributed by atoms with Crippen LogP contribution in [0, 0.1) is 6.92 Å². The molecule has 0 fully saturated rings. The summed E-state index contributed by atoms with van der Waals surface area (Å²) < 4.78 is 2.00. The molecule has 1 aliphatic rings. The Morgan fingerprint density at radius 2 is 1.62 bits per heavy atom. The maximum atomic E-state index is 4.83. The van der Waals surface area contributed by atoms with Crippen molar-refractivity contribution in [2.45, 2.75) is 13.3 Å². The normalized spacial score (nSPS) is 12.1. The molecule has 0 unspecified atom stereocenters. The number of fused-ring (bicyclic) bond motifs is 3. The van der Waals surface area contributed by atoms with Gasteiger partial charge in [-0.1, -0.05) is 47.1 Å². The SMILES string of the molecule is Cc1ccccc1-c1cc2c(n[n+]1C)-c1ccccc1C2. The van der Waals surface area contributed by atoms with Crippen molar-refractivity contribution in [3.05, 3.63) is 71.3 Å². The van der Waals surface area contributed by atoms with Gasteiger partial charge in [-0.2, -0.15) is 0 Å². The molecule has 0 N–H and O–H groups in total. The van der Waals surface area contributed by atoms with Gasteiger partial charge in [0.1, 0.15) is 5.69 Å². The number of nitrogens with zero attached hydrogens (tertiary/aromatic N) is 2. The average Bonchev–Trinajstić information content (AvgIpc) is 2.85. The fraction of sp³-hybridized carbons (Fsp3) is 0.158. The fourth-order valence-electron chi connectivity index (χ4n) is 3.18. The Bertz CT molecular complexity index is 850. The molecule has 2 aromatic carbocycles. The number of aryl methyl sites for hydroxylation is 2. The van der Waals surface area contributed by atoms with Gasteiger partial charge < -0.3 is 0 Å². The molecule has 4 rings (SSSR count). The number of hydrogen-bond acceptors (Lipinski definition) is 1. The first-order valence-corrected chi connectivity index (χ1v) is 7.28. The summed E-state index contributed by atoms with van der Waals surface area (Å²) in [6, 6.07) is 19.3. The zero-order chi connectivity index (χ0) is 14.4. The van der Waals surface area contributed by atoms with Crippen LogP contribution in [0.15, 0.2) is 54.6 Å². The quantitative estimate of drug-likeness (QED) is 0.485. The van der Waals surface area contributed by atoms with Crippen LogP contribution in [0.1, 0.15) is 16.7 Å². The summed E-state index contributed by atoms with van der Waals surface area (Å²) in [7, 11) is 2.03. The first-order valence-electron chi connectivity index (χ1n) is 7.28. The van der Waals surface area contributed by atoms with E-state index in [0.717, 1.165) is 12.1 Å². The van der Waals surface area contributed by atoms with E-state index in [4.69, 9.17) is 5.10 Å². The Labute approximate surface area is 124 Å². The third-order valence-corrected chi connectivity index (χ3v) is 4.29. The van der Waals surface area contributed by atoms with E-state index in [1.807, 2.05) is 11.7 Å². The molecule has 0 aliphatic heterocycles. The Kier molecular flexibility index (Phi) is 2.64. The summed E-state index contributed by atoms with van der Waals surface area (Å²) >= 11 is 0. The number of aromatic nitrogens is 2. The number of hydrogen-bond donors (Lipinski definition) is 0. The molecule has 0 amide bonds. The van der Waals surface area contributed by atoms with Gasteiger partial charge in [-0.25, -0.2) is 0 Å². The van der Waals surface area contributed by atoms with Crippen molar-refractivity contribution in [2.24, 2.45) is 7.05 Å². The topological polar surface area (TPSA) is 16.8 Å². The van der Waals surface area contributed by atoms with Crippen molar-refractivity contribution in [3.63, 3.8) is 0 Å². The highest BCUT2D eigenvalue weighted by molar-refractivity contribution is 5.74. The van der Waals surface area contributed by atoms with E-state index in [1.54, 1.807) is 0 Å². The molecule has 1 aromatic heterocycles. The third kappa shape index (κ3) is 1.87. The second-order valence-corrected chi connectivity index (χ2v) is 5.68. The van der Waals surface area contributed by atoms with Crippen molar-refractivity contribution in [1.29, 1.82) is 0 Å². The standard InChI is InChI=1S/C19H17N2/c1-13-7-3-5-9-16(13)18-12-15-11-14-8-4-6-10-17(14)19(15)20-21(18)2/h3-10,12H,11H2,1-2H3/q+1. The van der Waals surface area contributed by atoms with Crippen LogP contribution in [0.4, 0.5) is 0 Å². The first-order chi connectivity index (χ1) is 10.2. The van der Waals surface area contributed by atoms with Crippen LogP contribution < -0.4 is 4.68 Å². The summed E-state index contributed by atoms with van der Waals surface area (Å²) in [5.41, 5.74) is 8.83. The van der Waals surface area contributed by atoms with Crippen molar-refractivity contribution in [1.82, 2.24) is 5.10 Å². The van der Waals surface area contributed by atoms with Crippen molar-refractivity contribution in [3.8, 4) is 22.5 Å². The van der Waals surface area contributed by atoms with Crippen LogP contribution in [0.5, 0.6) is 0 Å².